The van der Waals surface area contributed by atoms with E-state index in [1.54, 1.807) is 0 Å². The van der Waals surface area contributed by atoms with Gasteiger partial charge in [-0.05, 0) is 109 Å². The average Bonchev–Trinajstić information content (AvgIpc) is 3.65. The third kappa shape index (κ3) is 12.7. The highest BCUT2D eigenvalue weighted by atomic mass is 35.5. The van der Waals surface area contributed by atoms with Crippen LogP contribution in [0.1, 0.15) is 108 Å². The van der Waals surface area contributed by atoms with Crippen molar-refractivity contribution in [1.82, 2.24) is 10.3 Å². The number of carboxylic acid groups (broad SMARTS) is 1. The van der Waals surface area contributed by atoms with Crippen LogP contribution in [0.2, 0.25) is 8.67 Å². The number of nitrogens with zero attached hydrogens (tertiary/aromatic N) is 2. The molecule has 2 fully saturated rings. The molecule has 5 N–H and O–H groups in total. The Balaban J connectivity index is 0.000000265. The summed E-state index contributed by atoms with van der Waals surface area (Å²) in [5, 5.41) is 14.1. The maximum atomic E-state index is 12.9. The second-order valence-electron chi connectivity index (χ2n) is 15.0. The van der Waals surface area contributed by atoms with Crippen molar-refractivity contribution in [3.05, 3.63) is 87.0 Å². The Hall–Kier alpha value is -3.21. The van der Waals surface area contributed by atoms with E-state index in [1.807, 2.05) is 53.7 Å². The van der Waals surface area contributed by atoms with Gasteiger partial charge in [-0.2, -0.15) is 0 Å². The second kappa shape index (κ2) is 23.9. The monoisotopic (exact) mass is 927 g/mol. The van der Waals surface area contributed by atoms with Crippen molar-refractivity contribution >= 4 is 85.9 Å². The first-order valence-electron chi connectivity index (χ1n) is 20.1. The topological polar surface area (TPSA) is 167 Å². The maximum Gasteiger partial charge on any atom is 0.338 e. The van der Waals surface area contributed by atoms with Gasteiger partial charge in [0, 0.05) is 87.9 Å². The van der Waals surface area contributed by atoms with Crippen molar-refractivity contribution in [2.45, 2.75) is 106 Å². The number of ketones is 1. The lowest BCUT2D eigenvalue weighted by atomic mass is 9.93. The highest BCUT2D eigenvalue weighted by Gasteiger charge is 2.29. The lowest BCUT2D eigenvalue weighted by molar-refractivity contribution is -0.115. The molecule has 0 atom stereocenters. The molecule has 0 saturated carbocycles. The number of carboxylic acids is 1. The number of Topliss-reactive ketones (excluding diaryl/α,β-unsaturated/α-hetero) is 1. The highest BCUT2D eigenvalue weighted by molar-refractivity contribution is 7.21. The summed E-state index contributed by atoms with van der Waals surface area (Å²) in [4.78, 5) is 55.0. The van der Waals surface area contributed by atoms with Gasteiger partial charge in [0.25, 0.3) is 11.5 Å². The molecular formula is C43H60Cl3N5O7S2. The van der Waals surface area contributed by atoms with Gasteiger partial charge >= 0.3 is 5.97 Å². The molecule has 17 heteroatoms. The van der Waals surface area contributed by atoms with Crippen molar-refractivity contribution in [2.24, 2.45) is 5.73 Å². The zero-order valence-corrected chi connectivity index (χ0v) is 39.8. The minimum atomic E-state index is -0.951. The van der Waals surface area contributed by atoms with Crippen LogP contribution in [-0.2, 0) is 20.8 Å². The molecule has 12 nitrogen and oxygen atoms in total. The Bertz CT molecular complexity index is 2100. The normalized spacial score (nSPS) is 15.8. The zero-order chi connectivity index (χ0) is 43.6. The summed E-state index contributed by atoms with van der Waals surface area (Å²) in [5.74, 6) is -1.02. The molecule has 6 rings (SSSR count). The minimum absolute atomic E-state index is 0. The fraction of sp³-hybridized carbons (Fsp3) is 0.535. The first-order valence-corrected chi connectivity index (χ1v) is 22.5. The molecular weight excluding hydrogens is 869 g/mol. The number of anilines is 2. The number of nitrogens with one attached hydrogen (secondary N) is 2. The van der Waals surface area contributed by atoms with E-state index in [1.165, 1.54) is 22.7 Å². The molecule has 1 aliphatic carbocycles. The van der Waals surface area contributed by atoms with Gasteiger partial charge in [-0.15, -0.1) is 35.1 Å². The SMILES string of the molecule is CC1=CC(C)=C(CN)C(=O)C1.CCN(c1sc(Cl)c(C(=O)NCc2c(C)cc(C)[nH]c2=O)c1C)C1CCOCC1.CCN(c1sc(Cl)c(C(=O)O)c1C)C1CCOCC1.Cl. The van der Waals surface area contributed by atoms with E-state index < -0.39 is 5.97 Å². The number of thiophene rings is 2. The summed E-state index contributed by atoms with van der Waals surface area (Å²) in [6.45, 7) is 20.9. The summed E-state index contributed by atoms with van der Waals surface area (Å²) in [6, 6.07) is 2.71. The van der Waals surface area contributed by atoms with Gasteiger partial charge in [-0.3, -0.25) is 14.4 Å². The lowest BCUT2D eigenvalue weighted by Crippen LogP contribution is -2.39. The van der Waals surface area contributed by atoms with Crippen molar-refractivity contribution in [1.29, 1.82) is 0 Å². The number of aryl methyl sites for hydroxylation is 2. The Morgan fingerprint density at radius 3 is 1.77 bits per heavy atom. The van der Waals surface area contributed by atoms with E-state index in [0.717, 1.165) is 114 Å². The van der Waals surface area contributed by atoms with Gasteiger partial charge in [0.1, 0.15) is 8.67 Å². The van der Waals surface area contributed by atoms with Crippen LogP contribution in [0.25, 0.3) is 0 Å². The fourth-order valence-corrected chi connectivity index (χ4v) is 11.1. The molecule has 3 aliphatic rings. The molecule has 3 aromatic heterocycles. The Morgan fingerprint density at radius 2 is 1.35 bits per heavy atom. The Morgan fingerprint density at radius 1 is 0.867 bits per heavy atom. The number of aromatic nitrogens is 1. The molecule has 5 heterocycles. The number of carbonyl (C=O) groups excluding carboxylic acids is 2. The standard InChI is InChI=1S/C21H28ClN3O3S.C13H18ClNO3S.C9H13NO.ClH/c1-5-25(15-6-8-28-9-7-15)21-14(4)17(18(22)29-21)20(27)23-11-16-12(2)10-13(3)24-19(16)26;1-3-15(9-4-6-18-7-5-9)12-8(2)10(13(16)17)11(14)19-12;1-6-3-7(2)8(5-10)9(11)4-6;/h10,15H,5-9,11H2,1-4H3,(H,23,27)(H,24,26);9H,3-7H2,1-2H3,(H,16,17);3H,4-5,10H2,1-2H3;1H. The Kier molecular flexibility index (Phi) is 20.3. The molecule has 0 radical (unpaired) electrons. The van der Waals surface area contributed by atoms with Crippen LogP contribution in [0.5, 0.6) is 0 Å². The average molecular weight is 929 g/mol. The number of allylic oxidation sites excluding steroid dienone is 3. The number of aromatic amines is 1. The predicted molar refractivity (Wildman–Crippen MR) is 249 cm³/mol. The number of pyridine rings is 1. The van der Waals surface area contributed by atoms with E-state index >= 15 is 0 Å². The van der Waals surface area contributed by atoms with Crippen LogP contribution in [0, 0.1) is 27.7 Å². The fourth-order valence-electron chi connectivity index (χ4n) is 7.84. The van der Waals surface area contributed by atoms with Crippen molar-refractivity contribution in [2.75, 3.05) is 55.9 Å². The smallest absolute Gasteiger partial charge is 0.338 e. The number of carbonyl (C=O) groups is 3. The van der Waals surface area contributed by atoms with Gasteiger partial charge in [0.15, 0.2) is 5.78 Å². The van der Waals surface area contributed by atoms with Crippen LogP contribution >= 0.6 is 58.3 Å². The molecule has 60 heavy (non-hydrogen) atoms. The molecule has 2 saturated heterocycles. The Labute approximate surface area is 377 Å². The predicted octanol–water partition coefficient (Wildman–Crippen LogP) is 8.97. The number of hydrogen-bond donors (Lipinski definition) is 4. The summed E-state index contributed by atoms with van der Waals surface area (Å²) < 4.78 is 11.7. The van der Waals surface area contributed by atoms with E-state index in [2.05, 4.69) is 33.9 Å². The molecule has 0 spiro atoms. The molecule has 3 aromatic rings. The summed E-state index contributed by atoms with van der Waals surface area (Å²) in [6.07, 6.45) is 6.48. The summed E-state index contributed by atoms with van der Waals surface area (Å²) in [5.41, 5.74) is 12.8. The van der Waals surface area contributed by atoms with Crippen molar-refractivity contribution in [3.63, 3.8) is 0 Å². The third-order valence-electron chi connectivity index (χ3n) is 10.9. The van der Waals surface area contributed by atoms with Crippen molar-refractivity contribution < 1.29 is 29.0 Å². The van der Waals surface area contributed by atoms with Gasteiger partial charge in [-0.1, -0.05) is 34.9 Å². The quantitative estimate of drug-likeness (QED) is 0.146. The first-order chi connectivity index (χ1) is 28.0. The summed E-state index contributed by atoms with van der Waals surface area (Å²) >= 11 is 15.4. The van der Waals surface area contributed by atoms with Gasteiger partial charge in [0.2, 0.25) is 0 Å². The molecule has 1 amide bonds. The molecule has 0 aromatic carbocycles. The largest absolute Gasteiger partial charge is 0.478 e. The van der Waals surface area contributed by atoms with Gasteiger partial charge < -0.3 is 40.4 Å². The van der Waals surface area contributed by atoms with Crippen molar-refractivity contribution in [3.8, 4) is 0 Å². The zero-order valence-electron chi connectivity index (χ0n) is 35.9. The van der Waals surface area contributed by atoms with E-state index in [4.69, 9.17) is 38.4 Å². The summed E-state index contributed by atoms with van der Waals surface area (Å²) in [7, 11) is 0. The number of ether oxygens (including phenoxy) is 2. The highest BCUT2D eigenvalue weighted by Crippen LogP contribution is 2.42. The van der Waals surface area contributed by atoms with E-state index in [-0.39, 0.29) is 41.8 Å². The molecule has 332 valence electrons. The van der Waals surface area contributed by atoms with Crippen LogP contribution in [-0.4, -0.2) is 85.9 Å². The maximum absolute atomic E-state index is 12.9. The molecule has 2 aliphatic heterocycles. The number of H-pyrrole nitrogens is 1. The van der Waals surface area contributed by atoms with Crippen LogP contribution in [0.3, 0.4) is 0 Å². The van der Waals surface area contributed by atoms with Gasteiger partial charge in [-0.25, -0.2) is 4.79 Å². The second-order valence-corrected chi connectivity index (χ2v) is 18.2. The molecule has 0 unspecified atom stereocenters. The van der Waals surface area contributed by atoms with Crippen LogP contribution in [0.4, 0.5) is 10.0 Å². The van der Waals surface area contributed by atoms with E-state index in [9.17, 15) is 24.3 Å². The van der Waals surface area contributed by atoms with Crippen LogP contribution in [0.15, 0.2) is 33.7 Å². The van der Waals surface area contributed by atoms with Crippen LogP contribution < -0.4 is 26.4 Å². The number of rotatable bonds is 11. The molecule has 0 bridgehead atoms. The lowest BCUT2D eigenvalue weighted by Gasteiger charge is -2.34. The van der Waals surface area contributed by atoms with Gasteiger partial charge in [0.05, 0.1) is 21.1 Å². The van der Waals surface area contributed by atoms with E-state index in [0.29, 0.717) is 44.8 Å². The first kappa shape index (κ1) is 51.1. The number of hydrogen-bond acceptors (Lipinski definition) is 11. The number of aromatic carboxylic acids is 1. The minimum Gasteiger partial charge on any atom is -0.478 e. The number of halogens is 3. The third-order valence-corrected chi connectivity index (χ3v) is 14.0. The number of nitrogens with two attached hydrogens (primary N) is 1. The number of amides is 1.